The van der Waals surface area contributed by atoms with Crippen LogP contribution in [0.1, 0.15) is 33.9 Å². The zero-order chi connectivity index (χ0) is 27.0. The van der Waals surface area contributed by atoms with Gasteiger partial charge in [0.05, 0.1) is 29.1 Å². The lowest BCUT2D eigenvalue weighted by Gasteiger charge is -2.27. The number of carbonyl (C=O) groups excluding carboxylic acids is 2. The smallest absolute Gasteiger partial charge is 0.350 e. The van der Waals surface area contributed by atoms with Crippen LogP contribution in [0.2, 0.25) is 10.0 Å². The third kappa shape index (κ3) is 4.90. The van der Waals surface area contributed by atoms with E-state index >= 15 is 0 Å². The number of anilines is 1. The highest BCUT2D eigenvalue weighted by Crippen LogP contribution is 2.40. The number of hydrogen-bond donors (Lipinski definition) is 0. The van der Waals surface area contributed by atoms with Gasteiger partial charge in [0.15, 0.2) is 5.65 Å². The lowest BCUT2D eigenvalue weighted by atomic mass is 10.1. The molecule has 3 aromatic heterocycles. The summed E-state index contributed by atoms with van der Waals surface area (Å²) < 4.78 is 6.78. The molecule has 0 aliphatic rings. The Hall–Kier alpha value is -3.72. The van der Waals surface area contributed by atoms with Gasteiger partial charge in [0, 0.05) is 40.0 Å². The first-order valence-corrected chi connectivity index (χ1v) is 13.3. The van der Waals surface area contributed by atoms with Crippen molar-refractivity contribution in [2.24, 2.45) is 0 Å². The highest BCUT2D eigenvalue weighted by molar-refractivity contribution is 7.18. The Morgan fingerprint density at radius 1 is 1.03 bits per heavy atom. The van der Waals surface area contributed by atoms with E-state index in [1.54, 1.807) is 27.7 Å². The maximum absolute atomic E-state index is 13.6. The maximum Gasteiger partial charge on any atom is 0.350 e. The molecule has 0 saturated carbocycles. The van der Waals surface area contributed by atoms with E-state index in [1.165, 1.54) is 24.5 Å². The van der Waals surface area contributed by atoms with Crippen LogP contribution >= 0.6 is 34.5 Å². The fourth-order valence-electron chi connectivity index (χ4n) is 4.13. The Labute approximate surface area is 233 Å². The molecule has 0 unspecified atom stereocenters. The van der Waals surface area contributed by atoms with Crippen LogP contribution < -0.4 is 4.90 Å². The minimum atomic E-state index is -0.522. The number of ether oxygens (including phenoxy) is 1. The number of hydrogen-bond acceptors (Lipinski definition) is 6. The zero-order valence-corrected chi connectivity index (χ0v) is 23.0. The largest absolute Gasteiger partial charge is 0.465 e. The van der Waals surface area contributed by atoms with Gasteiger partial charge in [-0.3, -0.25) is 4.79 Å². The molecule has 0 spiro atoms. The van der Waals surface area contributed by atoms with Crippen LogP contribution in [0.4, 0.5) is 5.69 Å². The molecule has 1 amide bonds. The summed E-state index contributed by atoms with van der Waals surface area (Å²) in [6.45, 7) is 3.75. The number of aromatic nitrogens is 3. The topological polar surface area (TPSA) is 76.8 Å². The summed E-state index contributed by atoms with van der Waals surface area (Å²) >= 11 is 13.6. The minimum Gasteiger partial charge on any atom is -0.465 e. The van der Waals surface area contributed by atoms with Crippen LogP contribution in [0.15, 0.2) is 73.1 Å². The first-order chi connectivity index (χ1) is 18.3. The van der Waals surface area contributed by atoms with Crippen LogP contribution in [-0.4, -0.2) is 39.6 Å². The van der Waals surface area contributed by atoms with E-state index in [2.05, 4.69) is 10.1 Å². The second kappa shape index (κ2) is 10.6. The van der Waals surface area contributed by atoms with Crippen LogP contribution in [0.3, 0.4) is 0 Å². The monoisotopic (exact) mass is 564 g/mol. The lowest BCUT2D eigenvalue weighted by Crippen LogP contribution is -2.37. The van der Waals surface area contributed by atoms with Crippen molar-refractivity contribution < 1.29 is 14.3 Å². The molecule has 0 aliphatic carbocycles. The number of amides is 1. The number of esters is 1. The van der Waals surface area contributed by atoms with E-state index in [1.807, 2.05) is 62.5 Å². The van der Waals surface area contributed by atoms with E-state index < -0.39 is 5.97 Å². The Bertz CT molecular complexity index is 1630. The van der Waals surface area contributed by atoms with Crippen LogP contribution in [0.5, 0.6) is 0 Å². The molecule has 0 fully saturated rings. The Kier molecular flexibility index (Phi) is 7.21. The maximum atomic E-state index is 13.6. The average molecular weight is 565 g/mol. The molecule has 7 nitrogen and oxygen atoms in total. The Morgan fingerprint density at radius 3 is 2.42 bits per heavy atom. The molecular formula is C28H22Cl2N4O3S. The first-order valence-electron chi connectivity index (χ1n) is 11.7. The molecule has 0 saturated heterocycles. The molecule has 0 radical (unpaired) electrons. The molecule has 0 atom stereocenters. The molecular weight excluding hydrogens is 543 g/mol. The van der Waals surface area contributed by atoms with Gasteiger partial charge in [-0.1, -0.05) is 47.5 Å². The predicted octanol–water partition coefficient (Wildman–Crippen LogP) is 7.27. The Morgan fingerprint density at radius 2 is 1.76 bits per heavy atom. The number of halogens is 2. The molecule has 3 heterocycles. The summed E-state index contributed by atoms with van der Waals surface area (Å²) in [5.74, 6) is -0.863. The number of methoxy groups -OCH3 is 1. The molecule has 10 heteroatoms. The first kappa shape index (κ1) is 25.9. The minimum absolute atomic E-state index is 0.237. The Balaban J connectivity index is 1.53. The molecule has 0 bridgehead atoms. The van der Waals surface area contributed by atoms with Crippen molar-refractivity contribution in [3.05, 3.63) is 93.5 Å². The van der Waals surface area contributed by atoms with Crippen LogP contribution in [0, 0.1) is 0 Å². The van der Waals surface area contributed by atoms with Crippen molar-refractivity contribution in [2.75, 3.05) is 12.0 Å². The third-order valence-electron chi connectivity index (χ3n) is 5.94. The summed E-state index contributed by atoms with van der Waals surface area (Å²) in [4.78, 5) is 33.4. The average Bonchev–Trinajstić information content (AvgIpc) is 3.53. The van der Waals surface area contributed by atoms with Crippen molar-refractivity contribution >= 4 is 57.7 Å². The standard InChI is InChI=1S/C28H22Cl2N4O3S/c1-16(2)34(27(35)20-10-9-19(29)13-21(20)30)23-15-24(38-26(23)28(36)37-3)18-7-5-17(6-8-18)22-14-25-31-11-4-12-33(25)32-22/h4-16H,1-3H3. The van der Waals surface area contributed by atoms with Gasteiger partial charge >= 0.3 is 5.97 Å². The highest BCUT2D eigenvalue weighted by atomic mass is 35.5. The fraction of sp³-hybridized carbons (Fsp3) is 0.143. The van der Waals surface area contributed by atoms with Crippen molar-refractivity contribution in [3.63, 3.8) is 0 Å². The molecule has 38 heavy (non-hydrogen) atoms. The summed E-state index contributed by atoms with van der Waals surface area (Å²) in [5.41, 5.74) is 4.13. The van der Waals surface area contributed by atoms with E-state index in [0.717, 1.165) is 27.3 Å². The van der Waals surface area contributed by atoms with E-state index in [0.29, 0.717) is 21.2 Å². The summed E-state index contributed by atoms with van der Waals surface area (Å²) in [6, 6.07) is 17.9. The molecule has 0 aliphatic heterocycles. The highest BCUT2D eigenvalue weighted by Gasteiger charge is 2.29. The summed E-state index contributed by atoms with van der Waals surface area (Å²) in [5, 5.41) is 5.24. The van der Waals surface area contributed by atoms with Crippen molar-refractivity contribution in [3.8, 4) is 21.7 Å². The van der Waals surface area contributed by atoms with Crippen molar-refractivity contribution in [1.82, 2.24) is 14.6 Å². The van der Waals surface area contributed by atoms with Crippen LogP contribution in [0.25, 0.3) is 27.3 Å². The summed E-state index contributed by atoms with van der Waals surface area (Å²) in [6.07, 6.45) is 3.57. The van der Waals surface area contributed by atoms with Gasteiger partial charge in [-0.05, 0) is 49.7 Å². The SMILES string of the molecule is COC(=O)c1sc(-c2ccc(-c3cc4ncccn4n3)cc2)cc1N(C(=O)c1ccc(Cl)cc1Cl)C(C)C. The lowest BCUT2D eigenvalue weighted by molar-refractivity contribution is 0.0607. The van der Waals surface area contributed by atoms with Gasteiger partial charge in [-0.25, -0.2) is 14.3 Å². The van der Waals surface area contributed by atoms with Crippen LogP contribution in [-0.2, 0) is 4.74 Å². The normalized spacial score (nSPS) is 11.2. The molecule has 2 aromatic carbocycles. The zero-order valence-electron chi connectivity index (χ0n) is 20.7. The van der Waals surface area contributed by atoms with E-state index in [-0.39, 0.29) is 17.0 Å². The molecule has 0 N–H and O–H groups in total. The number of fused-ring (bicyclic) bond motifs is 1. The summed E-state index contributed by atoms with van der Waals surface area (Å²) in [7, 11) is 1.32. The quantitative estimate of drug-likeness (QED) is 0.202. The van der Waals surface area contributed by atoms with Gasteiger partial charge in [0.1, 0.15) is 4.88 Å². The molecule has 192 valence electrons. The fourth-order valence-corrected chi connectivity index (χ4v) is 5.70. The second-order valence-electron chi connectivity index (χ2n) is 8.74. The number of nitrogens with zero attached hydrogens (tertiary/aromatic N) is 4. The molecule has 5 rings (SSSR count). The van der Waals surface area contributed by atoms with E-state index in [4.69, 9.17) is 27.9 Å². The second-order valence-corrected chi connectivity index (χ2v) is 10.6. The van der Waals surface area contributed by atoms with Gasteiger partial charge in [-0.2, -0.15) is 5.10 Å². The van der Waals surface area contributed by atoms with Gasteiger partial charge in [0.25, 0.3) is 5.91 Å². The number of rotatable bonds is 6. The van der Waals surface area contributed by atoms with E-state index in [9.17, 15) is 9.59 Å². The van der Waals surface area contributed by atoms with Gasteiger partial charge < -0.3 is 9.64 Å². The van der Waals surface area contributed by atoms with Gasteiger partial charge in [0.2, 0.25) is 0 Å². The number of benzene rings is 2. The number of thiophene rings is 1. The van der Waals surface area contributed by atoms with Crippen molar-refractivity contribution in [1.29, 1.82) is 0 Å². The molecule has 5 aromatic rings. The predicted molar refractivity (Wildman–Crippen MR) is 151 cm³/mol. The third-order valence-corrected chi connectivity index (χ3v) is 7.64. The van der Waals surface area contributed by atoms with Gasteiger partial charge in [-0.15, -0.1) is 11.3 Å². The number of carbonyl (C=O) groups is 2. The van der Waals surface area contributed by atoms with Crippen molar-refractivity contribution in [2.45, 2.75) is 19.9 Å².